The fraction of sp³-hybridized carbons (Fsp3) is 0.321. The Kier molecular flexibility index (Phi) is 7.42. The molecule has 1 aliphatic carbocycles. The normalized spacial score (nSPS) is 17.8. The molecule has 0 aromatic heterocycles. The summed E-state index contributed by atoms with van der Waals surface area (Å²) in [7, 11) is -1.56. The second-order valence-electron chi connectivity index (χ2n) is 9.53. The Labute approximate surface area is 218 Å². The van der Waals surface area contributed by atoms with Crippen molar-refractivity contribution in [3.05, 3.63) is 99.8 Å². The number of halogens is 2. The van der Waals surface area contributed by atoms with Gasteiger partial charge in [0.25, 0.3) is 5.91 Å². The first-order valence-corrected chi connectivity index (χ1v) is 14.0. The molecule has 2 atom stereocenters. The SMILES string of the molecule is CS(=O)NC(=O)c1cc(C2CC2)c(OCC2CN(C(c3ccccc3)c3cccc(Cl)c3)C2)cc1F. The van der Waals surface area contributed by atoms with E-state index in [1.807, 2.05) is 36.4 Å². The third-order valence-corrected chi connectivity index (χ3v) is 7.41. The molecule has 1 heterocycles. The number of carbonyl (C=O) groups excluding carboxylic acids is 1. The third-order valence-electron chi connectivity index (χ3n) is 6.70. The van der Waals surface area contributed by atoms with Crippen molar-refractivity contribution in [2.45, 2.75) is 24.8 Å². The number of carbonyl (C=O) groups is 1. The van der Waals surface area contributed by atoms with Gasteiger partial charge in [-0.2, -0.15) is 0 Å². The predicted octanol–water partition coefficient (Wildman–Crippen LogP) is 5.48. The first-order valence-electron chi connectivity index (χ1n) is 12.0. The number of rotatable bonds is 9. The van der Waals surface area contributed by atoms with Gasteiger partial charge in [0.05, 0.1) is 18.2 Å². The van der Waals surface area contributed by atoms with Crippen molar-refractivity contribution in [1.82, 2.24) is 9.62 Å². The molecule has 1 aliphatic heterocycles. The number of nitrogens with one attached hydrogen (secondary N) is 1. The van der Waals surface area contributed by atoms with E-state index < -0.39 is 22.7 Å². The predicted molar refractivity (Wildman–Crippen MR) is 140 cm³/mol. The Morgan fingerprint density at radius 2 is 1.83 bits per heavy atom. The molecular weight excluding hydrogens is 499 g/mol. The lowest BCUT2D eigenvalue weighted by atomic mass is 9.90. The highest BCUT2D eigenvalue weighted by Crippen LogP contribution is 2.45. The zero-order chi connectivity index (χ0) is 25.2. The summed E-state index contributed by atoms with van der Waals surface area (Å²) >= 11 is 6.29. The van der Waals surface area contributed by atoms with Gasteiger partial charge in [0.2, 0.25) is 0 Å². The van der Waals surface area contributed by atoms with Gasteiger partial charge in [-0.25, -0.2) is 8.60 Å². The van der Waals surface area contributed by atoms with Gasteiger partial charge in [0, 0.05) is 36.4 Å². The molecule has 36 heavy (non-hydrogen) atoms. The summed E-state index contributed by atoms with van der Waals surface area (Å²) in [6.07, 6.45) is 3.31. The van der Waals surface area contributed by atoms with Crippen molar-refractivity contribution < 1.29 is 18.1 Å². The summed E-state index contributed by atoms with van der Waals surface area (Å²) in [6.45, 7) is 2.16. The van der Waals surface area contributed by atoms with Crippen LogP contribution in [-0.2, 0) is 11.0 Å². The van der Waals surface area contributed by atoms with Crippen LogP contribution in [0.15, 0.2) is 66.7 Å². The Morgan fingerprint density at radius 3 is 2.50 bits per heavy atom. The maximum Gasteiger partial charge on any atom is 0.265 e. The molecule has 1 saturated carbocycles. The molecule has 5 nitrogen and oxygen atoms in total. The summed E-state index contributed by atoms with van der Waals surface area (Å²) < 4.78 is 34.5. The smallest absolute Gasteiger partial charge is 0.265 e. The number of hydrogen-bond acceptors (Lipinski definition) is 4. The van der Waals surface area contributed by atoms with Crippen molar-refractivity contribution >= 4 is 28.5 Å². The molecule has 0 bridgehead atoms. The first-order chi connectivity index (χ1) is 17.4. The van der Waals surface area contributed by atoms with E-state index >= 15 is 0 Å². The van der Waals surface area contributed by atoms with Crippen LogP contribution in [0.4, 0.5) is 4.39 Å². The first kappa shape index (κ1) is 24.9. The minimum absolute atomic E-state index is 0.0958. The molecule has 1 N–H and O–H groups in total. The van der Waals surface area contributed by atoms with Gasteiger partial charge in [0.15, 0.2) is 0 Å². The van der Waals surface area contributed by atoms with E-state index in [1.165, 1.54) is 17.9 Å². The highest BCUT2D eigenvalue weighted by molar-refractivity contribution is 7.82. The van der Waals surface area contributed by atoms with Gasteiger partial charge < -0.3 is 4.74 Å². The maximum absolute atomic E-state index is 14.8. The molecule has 2 unspecified atom stereocenters. The van der Waals surface area contributed by atoms with E-state index in [2.05, 4.69) is 27.8 Å². The minimum atomic E-state index is -1.56. The van der Waals surface area contributed by atoms with Crippen molar-refractivity contribution in [2.75, 3.05) is 26.0 Å². The Morgan fingerprint density at radius 1 is 1.11 bits per heavy atom. The van der Waals surface area contributed by atoms with E-state index in [9.17, 15) is 13.4 Å². The summed E-state index contributed by atoms with van der Waals surface area (Å²) in [5.41, 5.74) is 3.11. The van der Waals surface area contributed by atoms with Crippen LogP contribution in [0.5, 0.6) is 5.75 Å². The molecule has 2 fully saturated rings. The average Bonchev–Trinajstić information content (AvgIpc) is 3.66. The molecule has 5 rings (SSSR count). The maximum atomic E-state index is 14.8. The van der Waals surface area contributed by atoms with Crippen LogP contribution in [0.1, 0.15) is 51.8 Å². The fourth-order valence-electron chi connectivity index (χ4n) is 4.83. The molecule has 3 aromatic carbocycles. The summed E-state index contributed by atoms with van der Waals surface area (Å²) in [5, 5.41) is 0.714. The lowest BCUT2D eigenvalue weighted by molar-refractivity contribution is 0.0375. The highest BCUT2D eigenvalue weighted by Gasteiger charge is 2.35. The largest absolute Gasteiger partial charge is 0.493 e. The number of hydrogen-bond donors (Lipinski definition) is 1. The van der Waals surface area contributed by atoms with Crippen molar-refractivity contribution in [3.63, 3.8) is 0 Å². The lowest BCUT2D eigenvalue weighted by Crippen LogP contribution is -2.51. The van der Waals surface area contributed by atoms with Gasteiger partial charge >= 0.3 is 0 Å². The van der Waals surface area contributed by atoms with E-state index in [1.54, 1.807) is 6.07 Å². The Balaban J connectivity index is 1.27. The fourth-order valence-corrected chi connectivity index (χ4v) is 5.40. The van der Waals surface area contributed by atoms with E-state index in [4.69, 9.17) is 16.3 Å². The Bertz CT molecular complexity index is 1280. The van der Waals surface area contributed by atoms with Crippen LogP contribution in [0.3, 0.4) is 0 Å². The standard InChI is InChI=1S/C28H28ClFN2O3S/c1-36(34)31-28(33)24-13-23(19-10-11-19)26(14-25(24)30)35-17-18-15-32(16-18)27(20-6-3-2-4-7-20)21-8-5-9-22(29)12-21/h2-9,12-14,18-19,27H,10-11,15-17H2,1H3,(H,31,33). The zero-order valence-electron chi connectivity index (χ0n) is 20.0. The van der Waals surface area contributed by atoms with Crippen molar-refractivity contribution in [2.24, 2.45) is 5.92 Å². The highest BCUT2D eigenvalue weighted by atomic mass is 35.5. The van der Waals surface area contributed by atoms with Gasteiger partial charge in [-0.15, -0.1) is 0 Å². The topological polar surface area (TPSA) is 58.6 Å². The van der Waals surface area contributed by atoms with E-state index in [0.29, 0.717) is 23.3 Å². The van der Waals surface area contributed by atoms with Crippen molar-refractivity contribution in [1.29, 1.82) is 0 Å². The van der Waals surface area contributed by atoms with Crippen LogP contribution in [-0.4, -0.2) is 41.0 Å². The molecule has 3 aromatic rings. The lowest BCUT2D eigenvalue weighted by Gasteiger charge is -2.44. The number of amides is 1. The number of ether oxygens (including phenoxy) is 1. The molecule has 0 radical (unpaired) electrons. The molecule has 188 valence electrons. The third kappa shape index (κ3) is 5.64. The minimum Gasteiger partial charge on any atom is -0.493 e. The summed E-state index contributed by atoms with van der Waals surface area (Å²) in [6, 6.07) is 21.3. The van der Waals surface area contributed by atoms with Gasteiger partial charge in [0.1, 0.15) is 22.6 Å². The quantitative estimate of drug-likeness (QED) is 0.401. The molecule has 1 saturated heterocycles. The summed E-state index contributed by atoms with van der Waals surface area (Å²) in [4.78, 5) is 14.7. The zero-order valence-corrected chi connectivity index (χ0v) is 21.5. The van der Waals surface area contributed by atoms with Crippen LogP contribution in [0.2, 0.25) is 5.02 Å². The number of nitrogens with zero attached hydrogens (tertiary/aromatic N) is 1. The molecular formula is C28H28ClFN2O3S. The van der Waals surface area contributed by atoms with Crippen molar-refractivity contribution in [3.8, 4) is 5.75 Å². The molecule has 8 heteroatoms. The van der Waals surface area contributed by atoms with Crippen LogP contribution >= 0.6 is 11.6 Å². The second kappa shape index (κ2) is 10.7. The summed E-state index contributed by atoms with van der Waals surface area (Å²) in [5.74, 6) is -0.280. The van der Waals surface area contributed by atoms with Gasteiger partial charge in [-0.1, -0.05) is 54.1 Å². The molecule has 0 spiro atoms. The van der Waals surface area contributed by atoms with Gasteiger partial charge in [-0.3, -0.25) is 14.4 Å². The molecule has 2 aliphatic rings. The number of benzene rings is 3. The van der Waals surface area contributed by atoms with Crippen LogP contribution in [0, 0.1) is 11.7 Å². The number of likely N-dealkylation sites (tertiary alicyclic amines) is 1. The van der Waals surface area contributed by atoms with E-state index in [0.717, 1.165) is 37.1 Å². The van der Waals surface area contributed by atoms with Gasteiger partial charge in [-0.05, 0) is 53.6 Å². The second-order valence-corrected chi connectivity index (χ2v) is 11.1. The monoisotopic (exact) mass is 526 g/mol. The average molecular weight is 527 g/mol. The van der Waals surface area contributed by atoms with E-state index in [-0.39, 0.29) is 17.5 Å². The molecule has 1 amide bonds. The van der Waals surface area contributed by atoms with Crippen LogP contribution in [0.25, 0.3) is 0 Å². The van der Waals surface area contributed by atoms with Crippen LogP contribution < -0.4 is 9.46 Å². The Hall–Kier alpha value is -2.74.